The highest BCUT2D eigenvalue weighted by Crippen LogP contribution is 2.21. The third kappa shape index (κ3) is 5.03. The molecule has 0 aliphatic carbocycles. The Morgan fingerprint density at radius 1 is 1.44 bits per heavy atom. The lowest BCUT2D eigenvalue weighted by atomic mass is 10.2. The Morgan fingerprint density at radius 2 is 2.12 bits per heavy atom. The van der Waals surface area contributed by atoms with Crippen molar-refractivity contribution in [3.63, 3.8) is 0 Å². The van der Waals surface area contributed by atoms with Gasteiger partial charge in [-0.05, 0) is 25.5 Å². The van der Waals surface area contributed by atoms with Crippen molar-refractivity contribution in [2.75, 3.05) is 5.75 Å². The summed E-state index contributed by atoms with van der Waals surface area (Å²) in [5.74, 6) is 1.07. The average molecular weight is 303 g/mol. The molecule has 0 aromatic heterocycles. The molecule has 0 saturated heterocycles. The number of halogens is 1. The topological polar surface area (TPSA) is 26.3 Å². The van der Waals surface area contributed by atoms with Crippen LogP contribution in [0.3, 0.4) is 0 Å². The molecular formula is C12H15BrO2S. The molecule has 0 atom stereocenters. The molecule has 0 amide bonds. The van der Waals surface area contributed by atoms with Crippen molar-refractivity contribution in [1.29, 1.82) is 0 Å². The van der Waals surface area contributed by atoms with Crippen molar-refractivity contribution in [3.05, 3.63) is 34.3 Å². The van der Waals surface area contributed by atoms with Gasteiger partial charge in [0, 0.05) is 10.2 Å². The van der Waals surface area contributed by atoms with Crippen LogP contribution in [0.4, 0.5) is 0 Å². The second kappa shape index (κ2) is 6.97. The summed E-state index contributed by atoms with van der Waals surface area (Å²) < 4.78 is 6.13. The summed E-state index contributed by atoms with van der Waals surface area (Å²) >= 11 is 5.04. The number of carbonyl (C=O) groups is 1. The predicted molar refractivity (Wildman–Crippen MR) is 71.5 cm³/mol. The fourth-order valence-electron chi connectivity index (χ4n) is 1.16. The SMILES string of the molecule is CC(C)OC(=O)CSCc1ccccc1Br. The summed E-state index contributed by atoms with van der Waals surface area (Å²) in [5.41, 5.74) is 1.20. The van der Waals surface area contributed by atoms with Gasteiger partial charge in [0.15, 0.2) is 0 Å². The van der Waals surface area contributed by atoms with Crippen LogP contribution in [0.1, 0.15) is 19.4 Å². The largest absolute Gasteiger partial charge is 0.462 e. The first kappa shape index (κ1) is 13.6. The Balaban J connectivity index is 2.31. The Bertz CT molecular complexity index is 353. The molecule has 1 aromatic carbocycles. The zero-order chi connectivity index (χ0) is 12.0. The number of hydrogen-bond acceptors (Lipinski definition) is 3. The number of hydrogen-bond donors (Lipinski definition) is 0. The average Bonchev–Trinajstić information content (AvgIpc) is 2.19. The molecule has 0 saturated carbocycles. The number of rotatable bonds is 5. The molecule has 0 radical (unpaired) electrons. The van der Waals surface area contributed by atoms with E-state index in [0.717, 1.165) is 10.2 Å². The zero-order valence-electron chi connectivity index (χ0n) is 9.40. The van der Waals surface area contributed by atoms with Gasteiger partial charge >= 0.3 is 5.97 Å². The van der Waals surface area contributed by atoms with Gasteiger partial charge < -0.3 is 4.74 Å². The highest BCUT2D eigenvalue weighted by Gasteiger charge is 2.06. The van der Waals surface area contributed by atoms with Crippen LogP contribution in [0.5, 0.6) is 0 Å². The van der Waals surface area contributed by atoms with Crippen molar-refractivity contribution in [2.45, 2.75) is 25.7 Å². The van der Waals surface area contributed by atoms with E-state index >= 15 is 0 Å². The maximum atomic E-state index is 11.3. The summed E-state index contributed by atoms with van der Waals surface area (Å²) in [6.45, 7) is 3.71. The normalized spacial score (nSPS) is 10.5. The summed E-state index contributed by atoms with van der Waals surface area (Å²) in [6.07, 6.45) is -0.0310. The summed E-state index contributed by atoms with van der Waals surface area (Å²) in [6, 6.07) is 8.02. The third-order valence-corrected chi connectivity index (χ3v) is 3.53. The number of benzene rings is 1. The second-order valence-corrected chi connectivity index (χ2v) is 5.46. The maximum absolute atomic E-state index is 11.3. The molecule has 0 unspecified atom stereocenters. The van der Waals surface area contributed by atoms with Crippen LogP contribution in [0, 0.1) is 0 Å². The van der Waals surface area contributed by atoms with E-state index in [9.17, 15) is 4.79 Å². The Hall–Kier alpha value is -0.480. The van der Waals surface area contributed by atoms with Crippen molar-refractivity contribution in [3.8, 4) is 0 Å². The molecule has 2 nitrogen and oxygen atoms in total. The van der Waals surface area contributed by atoms with Crippen molar-refractivity contribution in [1.82, 2.24) is 0 Å². The van der Waals surface area contributed by atoms with E-state index in [-0.39, 0.29) is 12.1 Å². The molecule has 0 aliphatic rings. The molecule has 88 valence electrons. The van der Waals surface area contributed by atoms with Gasteiger partial charge in [-0.25, -0.2) is 0 Å². The fraction of sp³-hybridized carbons (Fsp3) is 0.417. The molecule has 0 aliphatic heterocycles. The highest BCUT2D eigenvalue weighted by atomic mass is 79.9. The minimum Gasteiger partial charge on any atom is -0.462 e. The number of esters is 1. The zero-order valence-corrected chi connectivity index (χ0v) is 11.8. The van der Waals surface area contributed by atoms with E-state index in [1.807, 2.05) is 38.1 Å². The quantitative estimate of drug-likeness (QED) is 0.777. The molecule has 0 spiro atoms. The molecule has 16 heavy (non-hydrogen) atoms. The van der Waals surface area contributed by atoms with Crippen molar-refractivity contribution >= 4 is 33.7 Å². The maximum Gasteiger partial charge on any atom is 0.316 e. The van der Waals surface area contributed by atoms with Gasteiger partial charge in [-0.1, -0.05) is 34.1 Å². The van der Waals surface area contributed by atoms with Gasteiger partial charge in [0.05, 0.1) is 11.9 Å². The van der Waals surface area contributed by atoms with Crippen LogP contribution in [-0.2, 0) is 15.3 Å². The first-order valence-electron chi connectivity index (χ1n) is 5.10. The van der Waals surface area contributed by atoms with E-state index in [0.29, 0.717) is 5.75 Å². The first-order chi connectivity index (χ1) is 7.59. The van der Waals surface area contributed by atoms with Gasteiger partial charge in [0.1, 0.15) is 0 Å². The van der Waals surface area contributed by atoms with Gasteiger partial charge in [0.2, 0.25) is 0 Å². The smallest absolute Gasteiger partial charge is 0.316 e. The molecule has 1 rings (SSSR count). The monoisotopic (exact) mass is 302 g/mol. The number of ether oxygens (including phenoxy) is 1. The molecule has 4 heteroatoms. The lowest BCUT2D eigenvalue weighted by molar-refractivity contribution is -0.144. The van der Waals surface area contributed by atoms with Crippen LogP contribution in [0.2, 0.25) is 0 Å². The van der Waals surface area contributed by atoms with E-state index < -0.39 is 0 Å². The van der Waals surface area contributed by atoms with Gasteiger partial charge in [-0.2, -0.15) is 0 Å². The summed E-state index contributed by atoms with van der Waals surface area (Å²) in [4.78, 5) is 11.3. The Labute approximate surface area is 109 Å². The lowest BCUT2D eigenvalue weighted by Crippen LogP contribution is -2.13. The molecule has 0 N–H and O–H groups in total. The summed E-state index contributed by atoms with van der Waals surface area (Å²) in [5, 5.41) is 0. The second-order valence-electron chi connectivity index (χ2n) is 3.62. The van der Waals surface area contributed by atoms with Gasteiger partial charge in [-0.15, -0.1) is 11.8 Å². The number of thioether (sulfide) groups is 1. The Kier molecular flexibility index (Phi) is 5.91. The van der Waals surface area contributed by atoms with E-state index in [4.69, 9.17) is 4.74 Å². The Morgan fingerprint density at radius 3 is 2.75 bits per heavy atom. The highest BCUT2D eigenvalue weighted by molar-refractivity contribution is 9.10. The predicted octanol–water partition coefficient (Wildman–Crippen LogP) is 3.63. The first-order valence-corrected chi connectivity index (χ1v) is 7.05. The van der Waals surface area contributed by atoms with Gasteiger partial charge in [0.25, 0.3) is 0 Å². The van der Waals surface area contributed by atoms with Crippen LogP contribution in [-0.4, -0.2) is 17.8 Å². The minimum atomic E-state index is -0.146. The standard InChI is InChI=1S/C12H15BrO2S/c1-9(2)15-12(14)8-16-7-10-5-3-4-6-11(10)13/h3-6,9H,7-8H2,1-2H3. The third-order valence-electron chi connectivity index (χ3n) is 1.80. The van der Waals surface area contributed by atoms with Crippen LogP contribution in [0.25, 0.3) is 0 Å². The van der Waals surface area contributed by atoms with Gasteiger partial charge in [-0.3, -0.25) is 4.79 Å². The van der Waals surface area contributed by atoms with Crippen LogP contribution >= 0.6 is 27.7 Å². The number of carbonyl (C=O) groups excluding carboxylic acids is 1. The molecule has 0 fully saturated rings. The lowest BCUT2D eigenvalue weighted by Gasteiger charge is -2.07. The van der Waals surface area contributed by atoms with Crippen molar-refractivity contribution < 1.29 is 9.53 Å². The van der Waals surface area contributed by atoms with E-state index in [1.165, 1.54) is 5.56 Å². The van der Waals surface area contributed by atoms with E-state index in [1.54, 1.807) is 11.8 Å². The molecule has 0 heterocycles. The van der Waals surface area contributed by atoms with Crippen LogP contribution < -0.4 is 0 Å². The molecule has 0 bridgehead atoms. The van der Waals surface area contributed by atoms with E-state index in [2.05, 4.69) is 15.9 Å². The summed E-state index contributed by atoms with van der Waals surface area (Å²) in [7, 11) is 0. The fourth-order valence-corrected chi connectivity index (χ4v) is 2.58. The molecular weight excluding hydrogens is 288 g/mol. The molecule has 1 aromatic rings. The van der Waals surface area contributed by atoms with Crippen LogP contribution in [0.15, 0.2) is 28.7 Å². The minimum absolute atomic E-state index is 0.0310. The van der Waals surface area contributed by atoms with Crippen molar-refractivity contribution in [2.24, 2.45) is 0 Å².